The molecule has 0 aliphatic carbocycles. The maximum atomic E-state index is 12.5. The summed E-state index contributed by atoms with van der Waals surface area (Å²) in [5.41, 5.74) is -2.52. The van der Waals surface area contributed by atoms with E-state index in [-0.39, 0.29) is 0 Å². The molecule has 1 aromatic carbocycles. The van der Waals surface area contributed by atoms with E-state index in [9.17, 15) is 14.7 Å². The number of likely N-dealkylation sites (N-methyl/N-ethyl adjacent to an activating group) is 1. The molecule has 0 radical (unpaired) electrons. The van der Waals surface area contributed by atoms with Crippen molar-refractivity contribution in [2.24, 2.45) is 0 Å². The predicted molar refractivity (Wildman–Crippen MR) is 102 cm³/mol. The van der Waals surface area contributed by atoms with Crippen LogP contribution in [0.4, 0.5) is 4.79 Å². The molecule has 0 spiro atoms. The Kier molecular flexibility index (Phi) is 6.82. The first-order valence-electron chi connectivity index (χ1n) is 8.89. The van der Waals surface area contributed by atoms with Crippen LogP contribution in [0.1, 0.15) is 53.5 Å². The molecule has 0 aliphatic heterocycles. The molecular formula is C20H32N2O4. The highest BCUT2D eigenvalue weighted by Gasteiger charge is 2.57. The third-order valence-electron chi connectivity index (χ3n) is 4.52. The lowest BCUT2D eigenvalue weighted by molar-refractivity contribution is -0.159. The summed E-state index contributed by atoms with van der Waals surface area (Å²) < 4.78 is 5.36. The minimum atomic E-state index is -1.67. The fourth-order valence-corrected chi connectivity index (χ4v) is 3.23. The molecule has 26 heavy (non-hydrogen) atoms. The number of carboxylic acids is 1. The van der Waals surface area contributed by atoms with Crippen LogP contribution in [0, 0.1) is 0 Å². The van der Waals surface area contributed by atoms with E-state index in [4.69, 9.17) is 4.74 Å². The summed E-state index contributed by atoms with van der Waals surface area (Å²) in [6.07, 6.45) is -0.0151. The average Bonchev–Trinajstić information content (AvgIpc) is 2.51. The van der Waals surface area contributed by atoms with Crippen LogP contribution in [-0.2, 0) is 14.9 Å². The van der Waals surface area contributed by atoms with Crippen LogP contribution >= 0.6 is 0 Å². The van der Waals surface area contributed by atoms with E-state index in [1.807, 2.05) is 51.1 Å². The Morgan fingerprint density at radius 3 is 2.08 bits per heavy atom. The quantitative estimate of drug-likeness (QED) is 0.723. The first-order chi connectivity index (χ1) is 11.9. The molecule has 2 N–H and O–H groups in total. The Hall–Kier alpha value is -2.08. The second-order valence-corrected chi connectivity index (χ2v) is 8.06. The maximum absolute atomic E-state index is 12.5. The van der Waals surface area contributed by atoms with Gasteiger partial charge < -0.3 is 9.84 Å². The van der Waals surface area contributed by atoms with Gasteiger partial charge in [0.15, 0.2) is 0 Å². The van der Waals surface area contributed by atoms with Gasteiger partial charge >= 0.3 is 12.1 Å². The smallest absolute Gasteiger partial charge is 0.409 e. The Labute approximate surface area is 156 Å². The van der Waals surface area contributed by atoms with Crippen molar-refractivity contribution < 1.29 is 19.4 Å². The SMILES string of the molecule is CCCN(C)[C@](NC(=O)OC(C)(C)C)(C(=O)O)C(C)(C)c1ccccc1. The summed E-state index contributed by atoms with van der Waals surface area (Å²) in [4.78, 5) is 26.8. The van der Waals surface area contributed by atoms with Gasteiger partial charge in [0, 0.05) is 12.0 Å². The number of hydrogen-bond donors (Lipinski definition) is 2. The molecule has 0 saturated heterocycles. The number of aliphatic carboxylic acids is 1. The molecule has 1 atom stereocenters. The molecule has 0 fully saturated rings. The fourth-order valence-electron chi connectivity index (χ4n) is 3.23. The second-order valence-electron chi connectivity index (χ2n) is 8.06. The number of alkyl carbamates (subject to hydrolysis) is 1. The van der Waals surface area contributed by atoms with Gasteiger partial charge in [-0.15, -0.1) is 0 Å². The number of hydrogen-bond acceptors (Lipinski definition) is 4. The van der Waals surface area contributed by atoms with Crippen LogP contribution in [-0.4, -0.2) is 46.9 Å². The van der Waals surface area contributed by atoms with E-state index in [1.54, 1.807) is 32.7 Å². The van der Waals surface area contributed by atoms with E-state index in [2.05, 4.69) is 5.32 Å². The predicted octanol–water partition coefficient (Wildman–Crippen LogP) is 3.61. The maximum Gasteiger partial charge on any atom is 0.409 e. The van der Waals surface area contributed by atoms with Gasteiger partial charge in [0.1, 0.15) is 5.60 Å². The molecule has 0 bridgehead atoms. The van der Waals surface area contributed by atoms with Gasteiger partial charge in [-0.25, -0.2) is 9.59 Å². The fraction of sp³-hybridized carbons (Fsp3) is 0.600. The van der Waals surface area contributed by atoms with Crippen molar-refractivity contribution in [3.05, 3.63) is 35.9 Å². The average molecular weight is 364 g/mol. The topological polar surface area (TPSA) is 78.9 Å². The van der Waals surface area contributed by atoms with Crippen molar-refractivity contribution in [2.45, 2.75) is 64.6 Å². The van der Waals surface area contributed by atoms with Crippen molar-refractivity contribution in [1.82, 2.24) is 10.2 Å². The molecule has 1 amide bonds. The monoisotopic (exact) mass is 364 g/mol. The zero-order valence-corrected chi connectivity index (χ0v) is 16.9. The minimum Gasteiger partial charge on any atom is -0.478 e. The summed E-state index contributed by atoms with van der Waals surface area (Å²) in [6.45, 7) is 11.3. The van der Waals surface area contributed by atoms with Crippen molar-refractivity contribution in [3.8, 4) is 0 Å². The summed E-state index contributed by atoms with van der Waals surface area (Å²) in [5, 5.41) is 12.9. The van der Waals surface area contributed by atoms with Gasteiger partial charge in [-0.05, 0) is 39.8 Å². The Bertz CT molecular complexity index is 622. The number of nitrogens with zero attached hydrogens (tertiary/aromatic N) is 1. The normalized spacial score (nSPS) is 14.6. The summed E-state index contributed by atoms with van der Waals surface area (Å²) in [6, 6.07) is 9.33. The van der Waals surface area contributed by atoms with E-state index < -0.39 is 28.7 Å². The van der Waals surface area contributed by atoms with Crippen molar-refractivity contribution >= 4 is 12.1 Å². The number of carbonyl (C=O) groups is 2. The highest BCUT2D eigenvalue weighted by atomic mass is 16.6. The van der Waals surface area contributed by atoms with E-state index in [1.165, 1.54) is 0 Å². The molecule has 0 unspecified atom stereocenters. The van der Waals surface area contributed by atoms with E-state index >= 15 is 0 Å². The summed E-state index contributed by atoms with van der Waals surface area (Å²) >= 11 is 0. The van der Waals surface area contributed by atoms with Crippen LogP contribution in [0.5, 0.6) is 0 Å². The van der Waals surface area contributed by atoms with Gasteiger partial charge in [0.05, 0.1) is 0 Å². The number of carbonyl (C=O) groups excluding carboxylic acids is 1. The standard InChI is InChI=1S/C20H32N2O4/c1-8-14-22(7)20(16(23)24,21-17(25)26-18(2,3)4)19(5,6)15-12-10-9-11-13-15/h9-13H,8,14H2,1-7H3,(H,21,25)(H,23,24)/t20-/m1/s1. The van der Waals surface area contributed by atoms with Crippen LogP contribution in [0.2, 0.25) is 0 Å². The van der Waals surface area contributed by atoms with E-state index in [0.29, 0.717) is 6.54 Å². The highest BCUT2D eigenvalue weighted by Crippen LogP contribution is 2.38. The van der Waals surface area contributed by atoms with Crippen molar-refractivity contribution in [1.29, 1.82) is 0 Å². The van der Waals surface area contributed by atoms with Crippen molar-refractivity contribution in [2.75, 3.05) is 13.6 Å². The lowest BCUT2D eigenvalue weighted by Gasteiger charge is -2.49. The molecule has 6 nitrogen and oxygen atoms in total. The zero-order valence-electron chi connectivity index (χ0n) is 16.9. The molecule has 0 aromatic heterocycles. The number of rotatable bonds is 7. The number of ether oxygens (including phenoxy) is 1. The molecule has 1 aromatic rings. The summed E-state index contributed by atoms with van der Waals surface area (Å²) in [5.74, 6) is -1.13. The van der Waals surface area contributed by atoms with Crippen LogP contribution in [0.15, 0.2) is 30.3 Å². The minimum absolute atomic E-state index is 0.498. The van der Waals surface area contributed by atoms with Gasteiger partial charge in [-0.3, -0.25) is 10.2 Å². The molecule has 0 saturated carbocycles. The molecule has 146 valence electrons. The highest BCUT2D eigenvalue weighted by molar-refractivity contribution is 5.86. The number of amides is 1. The Morgan fingerprint density at radius 2 is 1.65 bits per heavy atom. The van der Waals surface area contributed by atoms with Crippen LogP contribution in [0.3, 0.4) is 0 Å². The number of carboxylic acid groups (broad SMARTS) is 1. The Balaban J connectivity index is 3.49. The lowest BCUT2D eigenvalue weighted by Crippen LogP contribution is -2.73. The van der Waals surface area contributed by atoms with Crippen LogP contribution in [0.25, 0.3) is 0 Å². The summed E-state index contributed by atoms with van der Waals surface area (Å²) in [7, 11) is 1.71. The molecular weight excluding hydrogens is 332 g/mol. The number of nitrogens with one attached hydrogen (secondary N) is 1. The molecule has 6 heteroatoms. The third kappa shape index (κ3) is 4.55. The number of benzene rings is 1. The second kappa shape index (κ2) is 8.08. The van der Waals surface area contributed by atoms with Gasteiger partial charge in [-0.1, -0.05) is 51.1 Å². The van der Waals surface area contributed by atoms with Gasteiger partial charge in [-0.2, -0.15) is 0 Å². The van der Waals surface area contributed by atoms with Crippen LogP contribution < -0.4 is 5.32 Å². The van der Waals surface area contributed by atoms with Crippen molar-refractivity contribution in [3.63, 3.8) is 0 Å². The Morgan fingerprint density at radius 1 is 1.12 bits per heavy atom. The lowest BCUT2D eigenvalue weighted by atomic mass is 9.71. The molecule has 0 heterocycles. The first kappa shape index (κ1) is 22.0. The van der Waals surface area contributed by atoms with E-state index in [0.717, 1.165) is 12.0 Å². The zero-order chi connectivity index (χ0) is 20.2. The largest absolute Gasteiger partial charge is 0.478 e. The van der Waals surface area contributed by atoms with Gasteiger partial charge in [0.2, 0.25) is 5.66 Å². The third-order valence-corrected chi connectivity index (χ3v) is 4.52. The first-order valence-corrected chi connectivity index (χ1v) is 8.89. The van der Waals surface area contributed by atoms with Gasteiger partial charge in [0.25, 0.3) is 0 Å². The molecule has 0 aliphatic rings. The molecule has 1 rings (SSSR count).